The van der Waals surface area contributed by atoms with E-state index in [2.05, 4.69) is 25.8 Å². The molecule has 2 rings (SSSR count). The van der Waals surface area contributed by atoms with Gasteiger partial charge in [0.05, 0.1) is 6.54 Å². The molecule has 1 aliphatic heterocycles. The fourth-order valence-electron chi connectivity index (χ4n) is 2.00. The lowest BCUT2D eigenvalue weighted by Crippen LogP contribution is -2.40. The summed E-state index contributed by atoms with van der Waals surface area (Å²) < 4.78 is 1.98. The Morgan fingerprint density at radius 2 is 2.32 bits per heavy atom. The third kappa shape index (κ3) is 3.86. The van der Waals surface area contributed by atoms with E-state index in [0.29, 0.717) is 6.54 Å². The molecular weight excluding hydrogens is 260 g/mol. The monoisotopic (exact) mass is 282 g/mol. The van der Waals surface area contributed by atoms with E-state index in [9.17, 15) is 0 Å². The lowest BCUT2D eigenvalue weighted by molar-refractivity contribution is 0.699. The third-order valence-electron chi connectivity index (χ3n) is 3.34. The fourth-order valence-corrected chi connectivity index (χ4v) is 3.21. The minimum absolute atomic E-state index is 0.634. The van der Waals surface area contributed by atoms with E-state index in [1.54, 1.807) is 7.05 Å². The van der Waals surface area contributed by atoms with Crippen LogP contribution in [0.3, 0.4) is 0 Å². The number of guanidine groups is 1. The molecule has 0 radical (unpaired) electrons. The summed E-state index contributed by atoms with van der Waals surface area (Å²) in [6.07, 6.45) is 2.64. The normalized spacial score (nSPS) is 19.7. The van der Waals surface area contributed by atoms with Gasteiger partial charge < -0.3 is 15.2 Å². The zero-order valence-corrected chi connectivity index (χ0v) is 12.6. The molecule has 0 amide bonds. The molecule has 7 heteroatoms. The van der Waals surface area contributed by atoms with Gasteiger partial charge in [0.1, 0.15) is 5.82 Å². The van der Waals surface area contributed by atoms with Crippen molar-refractivity contribution in [1.29, 1.82) is 0 Å². The molecule has 1 saturated heterocycles. The number of thioether (sulfide) groups is 1. The van der Waals surface area contributed by atoms with Crippen LogP contribution in [0.25, 0.3) is 0 Å². The Kier molecular flexibility index (Phi) is 5.07. The SMILES string of the molecule is CN=C(NCc1nnc(C)n1C)NCC1CCCS1. The molecule has 2 N–H and O–H groups in total. The van der Waals surface area contributed by atoms with Crippen LogP contribution in [0.2, 0.25) is 0 Å². The van der Waals surface area contributed by atoms with Gasteiger partial charge >= 0.3 is 0 Å². The summed E-state index contributed by atoms with van der Waals surface area (Å²) in [6, 6.07) is 0. The minimum Gasteiger partial charge on any atom is -0.355 e. The summed E-state index contributed by atoms with van der Waals surface area (Å²) in [5.74, 6) is 3.95. The van der Waals surface area contributed by atoms with Gasteiger partial charge in [-0.1, -0.05) is 0 Å². The van der Waals surface area contributed by atoms with Crippen LogP contribution in [0.4, 0.5) is 0 Å². The number of aromatic nitrogens is 3. The maximum atomic E-state index is 4.23. The number of hydrogen-bond donors (Lipinski definition) is 2. The van der Waals surface area contributed by atoms with Crippen LogP contribution in [-0.2, 0) is 13.6 Å². The largest absolute Gasteiger partial charge is 0.355 e. The van der Waals surface area contributed by atoms with Crippen LogP contribution in [0.15, 0.2) is 4.99 Å². The van der Waals surface area contributed by atoms with Crippen molar-refractivity contribution in [2.45, 2.75) is 31.6 Å². The van der Waals surface area contributed by atoms with Gasteiger partial charge in [0, 0.05) is 25.9 Å². The quantitative estimate of drug-likeness (QED) is 0.628. The van der Waals surface area contributed by atoms with Crippen LogP contribution in [0, 0.1) is 6.92 Å². The van der Waals surface area contributed by atoms with Crippen molar-refractivity contribution in [3.8, 4) is 0 Å². The molecule has 0 saturated carbocycles. The summed E-state index contributed by atoms with van der Waals surface area (Å²) in [7, 11) is 3.76. The summed E-state index contributed by atoms with van der Waals surface area (Å²) in [4.78, 5) is 4.23. The van der Waals surface area contributed by atoms with E-state index in [4.69, 9.17) is 0 Å². The number of nitrogens with zero attached hydrogens (tertiary/aromatic N) is 4. The van der Waals surface area contributed by atoms with Crippen LogP contribution in [0.1, 0.15) is 24.5 Å². The van der Waals surface area contributed by atoms with Crippen LogP contribution < -0.4 is 10.6 Å². The van der Waals surface area contributed by atoms with Crippen molar-refractivity contribution in [1.82, 2.24) is 25.4 Å². The van der Waals surface area contributed by atoms with Gasteiger partial charge in [-0.15, -0.1) is 10.2 Å². The lowest BCUT2D eigenvalue weighted by Gasteiger charge is -2.14. The standard InChI is InChI=1S/C12H22N6S/c1-9-16-17-11(18(9)3)8-15-12(13-2)14-7-10-5-4-6-19-10/h10H,4-8H2,1-3H3,(H2,13,14,15). The second-order valence-electron chi connectivity index (χ2n) is 4.66. The Labute approximate surface area is 118 Å². The topological polar surface area (TPSA) is 67.1 Å². The van der Waals surface area contributed by atoms with Gasteiger partial charge in [-0.2, -0.15) is 11.8 Å². The first-order valence-electron chi connectivity index (χ1n) is 6.61. The molecule has 1 aliphatic rings. The smallest absolute Gasteiger partial charge is 0.191 e. The number of hydrogen-bond acceptors (Lipinski definition) is 4. The number of nitrogens with one attached hydrogen (secondary N) is 2. The Balaban J connectivity index is 1.77. The second kappa shape index (κ2) is 6.79. The Bertz CT molecular complexity index is 435. The highest BCUT2D eigenvalue weighted by molar-refractivity contribution is 8.00. The van der Waals surface area contributed by atoms with Gasteiger partial charge in [0.2, 0.25) is 0 Å². The van der Waals surface area contributed by atoms with Crippen molar-refractivity contribution in [3.63, 3.8) is 0 Å². The number of aliphatic imine (C=N–C) groups is 1. The van der Waals surface area contributed by atoms with E-state index in [1.165, 1.54) is 18.6 Å². The van der Waals surface area contributed by atoms with Crippen molar-refractivity contribution in [3.05, 3.63) is 11.6 Å². The van der Waals surface area contributed by atoms with Crippen LogP contribution in [0.5, 0.6) is 0 Å². The van der Waals surface area contributed by atoms with E-state index < -0.39 is 0 Å². The van der Waals surface area contributed by atoms with Crippen molar-refractivity contribution in [2.75, 3.05) is 19.3 Å². The molecule has 2 heterocycles. The molecular formula is C12H22N6S. The number of aryl methyl sites for hydroxylation is 1. The molecule has 6 nitrogen and oxygen atoms in total. The van der Waals surface area contributed by atoms with Crippen molar-refractivity contribution in [2.24, 2.45) is 12.0 Å². The molecule has 1 aromatic rings. The van der Waals surface area contributed by atoms with Gasteiger partial charge in [-0.3, -0.25) is 4.99 Å². The highest BCUT2D eigenvalue weighted by atomic mass is 32.2. The Morgan fingerprint density at radius 3 is 2.89 bits per heavy atom. The summed E-state index contributed by atoms with van der Waals surface area (Å²) >= 11 is 2.04. The molecule has 1 atom stereocenters. The van der Waals surface area contributed by atoms with E-state index in [0.717, 1.165) is 29.4 Å². The molecule has 0 aliphatic carbocycles. The fraction of sp³-hybridized carbons (Fsp3) is 0.750. The molecule has 19 heavy (non-hydrogen) atoms. The first-order valence-corrected chi connectivity index (χ1v) is 7.66. The Morgan fingerprint density at radius 1 is 1.47 bits per heavy atom. The maximum absolute atomic E-state index is 4.23. The van der Waals surface area contributed by atoms with Gasteiger partial charge in [-0.25, -0.2) is 0 Å². The first-order chi connectivity index (χ1) is 9.20. The predicted molar refractivity (Wildman–Crippen MR) is 79.4 cm³/mol. The molecule has 106 valence electrons. The third-order valence-corrected chi connectivity index (χ3v) is 4.74. The van der Waals surface area contributed by atoms with Crippen LogP contribution in [-0.4, -0.2) is 45.3 Å². The minimum atomic E-state index is 0.634. The van der Waals surface area contributed by atoms with Crippen LogP contribution >= 0.6 is 11.8 Å². The number of rotatable bonds is 4. The average Bonchev–Trinajstić information content (AvgIpc) is 3.03. The van der Waals surface area contributed by atoms with E-state index >= 15 is 0 Å². The lowest BCUT2D eigenvalue weighted by atomic mass is 10.2. The molecule has 1 aromatic heterocycles. The molecule has 0 aromatic carbocycles. The summed E-state index contributed by atoms with van der Waals surface area (Å²) in [5, 5.41) is 15.5. The second-order valence-corrected chi connectivity index (χ2v) is 6.07. The van der Waals surface area contributed by atoms with Gasteiger partial charge in [0.25, 0.3) is 0 Å². The van der Waals surface area contributed by atoms with Crippen molar-refractivity contribution < 1.29 is 0 Å². The van der Waals surface area contributed by atoms with E-state index in [1.807, 2.05) is 30.3 Å². The molecule has 1 fully saturated rings. The predicted octanol–water partition coefficient (Wildman–Crippen LogP) is 0.684. The van der Waals surface area contributed by atoms with E-state index in [-0.39, 0.29) is 0 Å². The zero-order chi connectivity index (χ0) is 13.7. The molecule has 0 spiro atoms. The maximum Gasteiger partial charge on any atom is 0.191 e. The first kappa shape index (κ1) is 14.2. The van der Waals surface area contributed by atoms with Crippen molar-refractivity contribution >= 4 is 17.7 Å². The molecule has 0 bridgehead atoms. The van der Waals surface area contributed by atoms with Gasteiger partial charge in [-0.05, 0) is 25.5 Å². The zero-order valence-electron chi connectivity index (χ0n) is 11.8. The Hall–Kier alpha value is -1.24. The highest BCUT2D eigenvalue weighted by Crippen LogP contribution is 2.25. The summed E-state index contributed by atoms with van der Waals surface area (Å²) in [6.45, 7) is 3.55. The highest BCUT2D eigenvalue weighted by Gasteiger charge is 2.15. The van der Waals surface area contributed by atoms with Gasteiger partial charge in [0.15, 0.2) is 11.8 Å². The molecule has 1 unspecified atom stereocenters. The average molecular weight is 282 g/mol. The summed E-state index contributed by atoms with van der Waals surface area (Å²) in [5.41, 5.74) is 0.